The first-order valence-corrected chi connectivity index (χ1v) is 4.82. The number of nitriles is 1. The van der Waals surface area contributed by atoms with E-state index in [1.54, 1.807) is 7.11 Å². The minimum Gasteiger partial charge on any atom is -0.497 e. The SMILES string of the molecule is COc1ccc(/C=C/C(C)(C)C#N)cc1. The standard InChI is InChI=1S/C13H15NO/c1-13(2,10-14)9-8-11-4-6-12(15-3)7-5-11/h4-9H,1-3H3/b9-8+. The van der Waals surface area contributed by atoms with Crippen molar-refractivity contribution >= 4 is 6.08 Å². The zero-order chi connectivity index (χ0) is 11.3. The Kier molecular flexibility index (Phi) is 3.51. The number of methoxy groups -OCH3 is 1. The van der Waals surface area contributed by atoms with Gasteiger partial charge in [-0.1, -0.05) is 24.3 Å². The molecule has 0 saturated carbocycles. The second-order valence-electron chi connectivity index (χ2n) is 3.94. The second-order valence-corrected chi connectivity index (χ2v) is 3.94. The number of ether oxygens (including phenoxy) is 1. The van der Waals surface area contributed by atoms with Gasteiger partial charge in [-0.25, -0.2) is 0 Å². The van der Waals surface area contributed by atoms with Crippen molar-refractivity contribution in [1.29, 1.82) is 5.26 Å². The lowest BCUT2D eigenvalue weighted by Crippen LogP contribution is -2.01. The topological polar surface area (TPSA) is 33.0 Å². The lowest BCUT2D eigenvalue weighted by atomic mass is 9.94. The summed E-state index contributed by atoms with van der Waals surface area (Å²) in [5.74, 6) is 0.840. The van der Waals surface area contributed by atoms with Gasteiger partial charge in [-0.3, -0.25) is 0 Å². The molecule has 0 amide bonds. The summed E-state index contributed by atoms with van der Waals surface area (Å²) in [4.78, 5) is 0. The Hall–Kier alpha value is -1.75. The molecule has 0 N–H and O–H groups in total. The highest BCUT2D eigenvalue weighted by Crippen LogP contribution is 2.18. The third kappa shape index (κ3) is 3.47. The highest BCUT2D eigenvalue weighted by molar-refractivity contribution is 5.52. The summed E-state index contributed by atoms with van der Waals surface area (Å²) in [6.45, 7) is 3.76. The molecule has 0 aliphatic carbocycles. The third-order valence-corrected chi connectivity index (χ3v) is 2.10. The summed E-state index contributed by atoms with van der Waals surface area (Å²) in [6.07, 6.45) is 3.84. The monoisotopic (exact) mass is 201 g/mol. The Balaban J connectivity index is 2.78. The molecule has 1 aromatic carbocycles. The lowest BCUT2D eigenvalue weighted by Gasteiger charge is -2.07. The van der Waals surface area contributed by atoms with Crippen LogP contribution >= 0.6 is 0 Å². The van der Waals surface area contributed by atoms with Gasteiger partial charge in [0.05, 0.1) is 18.6 Å². The van der Waals surface area contributed by atoms with E-state index in [-0.39, 0.29) is 0 Å². The van der Waals surface area contributed by atoms with Gasteiger partial charge in [-0.15, -0.1) is 0 Å². The Morgan fingerprint density at radius 1 is 1.27 bits per heavy atom. The number of benzene rings is 1. The fourth-order valence-corrected chi connectivity index (χ4v) is 1.06. The van der Waals surface area contributed by atoms with E-state index >= 15 is 0 Å². The highest BCUT2D eigenvalue weighted by Gasteiger charge is 2.10. The van der Waals surface area contributed by atoms with Crippen LogP contribution in [0.1, 0.15) is 19.4 Å². The van der Waals surface area contributed by atoms with Crippen LogP contribution in [0.15, 0.2) is 30.3 Å². The van der Waals surface area contributed by atoms with Gasteiger partial charge in [0.2, 0.25) is 0 Å². The van der Waals surface area contributed by atoms with Crippen molar-refractivity contribution in [2.45, 2.75) is 13.8 Å². The van der Waals surface area contributed by atoms with E-state index in [9.17, 15) is 0 Å². The van der Waals surface area contributed by atoms with Crippen LogP contribution in [0.25, 0.3) is 6.08 Å². The Labute approximate surface area is 90.8 Å². The van der Waals surface area contributed by atoms with E-state index in [0.29, 0.717) is 0 Å². The van der Waals surface area contributed by atoms with E-state index in [4.69, 9.17) is 10.00 Å². The quantitative estimate of drug-likeness (QED) is 0.752. The molecule has 1 aromatic rings. The van der Waals surface area contributed by atoms with Gasteiger partial charge in [-0.05, 0) is 31.5 Å². The van der Waals surface area contributed by atoms with Gasteiger partial charge in [0.1, 0.15) is 5.75 Å². The van der Waals surface area contributed by atoms with Gasteiger partial charge >= 0.3 is 0 Å². The largest absolute Gasteiger partial charge is 0.497 e. The number of rotatable bonds is 3. The predicted molar refractivity (Wildman–Crippen MR) is 61.4 cm³/mol. The summed E-state index contributed by atoms with van der Waals surface area (Å²) < 4.78 is 5.06. The van der Waals surface area contributed by atoms with Crippen LogP contribution in [-0.4, -0.2) is 7.11 Å². The highest BCUT2D eigenvalue weighted by atomic mass is 16.5. The maximum atomic E-state index is 8.83. The lowest BCUT2D eigenvalue weighted by molar-refractivity contribution is 0.415. The molecule has 0 atom stereocenters. The van der Waals surface area contributed by atoms with E-state index in [2.05, 4.69) is 6.07 Å². The zero-order valence-electron chi connectivity index (χ0n) is 9.32. The molecule has 78 valence electrons. The Morgan fingerprint density at radius 3 is 2.33 bits per heavy atom. The summed E-state index contributed by atoms with van der Waals surface area (Å²) >= 11 is 0. The van der Waals surface area contributed by atoms with Crippen molar-refractivity contribution in [2.75, 3.05) is 7.11 Å². The summed E-state index contributed by atoms with van der Waals surface area (Å²) in [6, 6.07) is 9.95. The molecule has 0 aliphatic heterocycles. The van der Waals surface area contributed by atoms with Crippen LogP contribution in [-0.2, 0) is 0 Å². The fourth-order valence-electron chi connectivity index (χ4n) is 1.06. The smallest absolute Gasteiger partial charge is 0.118 e. The van der Waals surface area contributed by atoms with Crippen LogP contribution in [0.4, 0.5) is 0 Å². The number of allylic oxidation sites excluding steroid dienone is 1. The molecule has 15 heavy (non-hydrogen) atoms. The predicted octanol–water partition coefficient (Wildman–Crippen LogP) is 3.26. The molecule has 0 saturated heterocycles. The molecule has 0 heterocycles. The number of hydrogen-bond donors (Lipinski definition) is 0. The zero-order valence-corrected chi connectivity index (χ0v) is 9.32. The first-order chi connectivity index (χ1) is 7.07. The molecule has 2 nitrogen and oxygen atoms in total. The minimum atomic E-state index is -0.417. The normalized spacial score (nSPS) is 11.3. The van der Waals surface area contributed by atoms with Crippen molar-refractivity contribution < 1.29 is 4.74 Å². The minimum absolute atomic E-state index is 0.417. The van der Waals surface area contributed by atoms with Crippen molar-refractivity contribution in [3.63, 3.8) is 0 Å². The molecule has 0 fully saturated rings. The molecule has 0 aromatic heterocycles. The van der Waals surface area contributed by atoms with Crippen molar-refractivity contribution in [1.82, 2.24) is 0 Å². The summed E-state index contributed by atoms with van der Waals surface area (Å²) in [7, 11) is 1.64. The maximum absolute atomic E-state index is 8.83. The van der Waals surface area contributed by atoms with E-state index in [1.807, 2.05) is 50.3 Å². The first kappa shape index (κ1) is 11.3. The maximum Gasteiger partial charge on any atom is 0.118 e. The molecule has 1 rings (SSSR count). The molecule has 2 heteroatoms. The Morgan fingerprint density at radius 2 is 1.87 bits per heavy atom. The van der Waals surface area contributed by atoms with Crippen molar-refractivity contribution in [2.24, 2.45) is 5.41 Å². The molecular formula is C13H15NO. The molecule has 0 spiro atoms. The molecule has 0 bridgehead atoms. The summed E-state index contributed by atoms with van der Waals surface area (Å²) in [5, 5.41) is 8.83. The van der Waals surface area contributed by atoms with E-state index in [0.717, 1.165) is 11.3 Å². The molecule has 0 aliphatic rings. The molecule has 0 unspecified atom stereocenters. The Bertz CT molecular complexity index is 382. The second kappa shape index (κ2) is 4.65. The van der Waals surface area contributed by atoms with Gasteiger partial charge in [0, 0.05) is 0 Å². The van der Waals surface area contributed by atoms with Gasteiger partial charge in [0.15, 0.2) is 0 Å². The van der Waals surface area contributed by atoms with Crippen LogP contribution in [0.2, 0.25) is 0 Å². The summed E-state index contributed by atoms with van der Waals surface area (Å²) in [5.41, 5.74) is 0.652. The van der Waals surface area contributed by atoms with Crippen LogP contribution in [0, 0.1) is 16.7 Å². The number of nitrogens with zero attached hydrogens (tertiary/aromatic N) is 1. The van der Waals surface area contributed by atoms with E-state index < -0.39 is 5.41 Å². The first-order valence-electron chi connectivity index (χ1n) is 4.82. The average Bonchev–Trinajstić information content (AvgIpc) is 2.27. The molecule has 0 radical (unpaired) electrons. The van der Waals surface area contributed by atoms with Gasteiger partial charge < -0.3 is 4.74 Å². The van der Waals surface area contributed by atoms with E-state index in [1.165, 1.54) is 0 Å². The number of hydrogen-bond acceptors (Lipinski definition) is 2. The van der Waals surface area contributed by atoms with Crippen LogP contribution in [0.5, 0.6) is 5.75 Å². The van der Waals surface area contributed by atoms with Crippen LogP contribution < -0.4 is 4.74 Å². The van der Waals surface area contributed by atoms with Crippen molar-refractivity contribution in [3.05, 3.63) is 35.9 Å². The van der Waals surface area contributed by atoms with Crippen molar-refractivity contribution in [3.8, 4) is 11.8 Å². The van der Waals surface area contributed by atoms with Gasteiger partial charge in [0.25, 0.3) is 0 Å². The fraction of sp³-hybridized carbons (Fsp3) is 0.308. The third-order valence-electron chi connectivity index (χ3n) is 2.10. The molecular weight excluding hydrogens is 186 g/mol. The van der Waals surface area contributed by atoms with Crippen LogP contribution in [0.3, 0.4) is 0 Å². The van der Waals surface area contributed by atoms with Gasteiger partial charge in [-0.2, -0.15) is 5.26 Å². The average molecular weight is 201 g/mol.